The number of pyridine rings is 1. The number of carbonyl (C=O) groups excluding carboxylic acids is 2. The van der Waals surface area contributed by atoms with E-state index in [1.54, 1.807) is 12.4 Å². The third-order valence-corrected chi connectivity index (χ3v) is 7.95. The minimum Gasteiger partial charge on any atom is -0.383 e. The summed E-state index contributed by atoms with van der Waals surface area (Å²) < 4.78 is 1.52. The van der Waals surface area contributed by atoms with Crippen molar-refractivity contribution >= 4 is 35.3 Å². The first-order valence-corrected chi connectivity index (χ1v) is 13.3. The summed E-state index contributed by atoms with van der Waals surface area (Å²) in [4.78, 5) is 39.7. The zero-order valence-electron chi connectivity index (χ0n) is 21.9. The van der Waals surface area contributed by atoms with Crippen molar-refractivity contribution in [1.82, 2.24) is 35.2 Å². The van der Waals surface area contributed by atoms with Gasteiger partial charge in [0, 0.05) is 48.1 Å². The number of piperazine rings is 1. The number of benzene rings is 1. The van der Waals surface area contributed by atoms with Crippen molar-refractivity contribution in [2.75, 3.05) is 23.7 Å². The lowest BCUT2D eigenvalue weighted by atomic mass is 10.1. The molecule has 12 nitrogen and oxygen atoms in total. The van der Waals surface area contributed by atoms with Crippen molar-refractivity contribution in [3.8, 4) is 22.4 Å². The van der Waals surface area contributed by atoms with E-state index in [0.29, 0.717) is 30.1 Å². The number of rotatable bonds is 5. The molecule has 3 aromatic heterocycles. The van der Waals surface area contributed by atoms with Crippen LogP contribution in [0, 0.1) is 0 Å². The molecule has 4 aromatic rings. The second kappa shape index (κ2) is 9.33. The smallest absolute Gasteiger partial charge is 0.267 e. The predicted octanol–water partition coefficient (Wildman–Crippen LogP) is 1.88. The topological polar surface area (TPSA) is 146 Å². The summed E-state index contributed by atoms with van der Waals surface area (Å²) >= 11 is 0. The first-order chi connectivity index (χ1) is 19.5. The molecule has 3 aliphatic heterocycles. The van der Waals surface area contributed by atoms with E-state index in [2.05, 4.69) is 30.8 Å². The van der Waals surface area contributed by atoms with Crippen LogP contribution < -0.4 is 21.4 Å². The summed E-state index contributed by atoms with van der Waals surface area (Å²) in [5, 5.41) is 11.3. The highest BCUT2D eigenvalue weighted by atomic mass is 16.2. The Labute approximate surface area is 229 Å². The van der Waals surface area contributed by atoms with E-state index in [9.17, 15) is 9.59 Å². The molecule has 6 heterocycles. The maximum absolute atomic E-state index is 13.2. The molecule has 202 valence electrons. The lowest BCUT2D eigenvalue weighted by Crippen LogP contribution is -2.61. The van der Waals surface area contributed by atoms with Crippen molar-refractivity contribution in [1.29, 1.82) is 0 Å². The van der Waals surface area contributed by atoms with Gasteiger partial charge in [-0.1, -0.05) is 36.4 Å². The van der Waals surface area contributed by atoms with Crippen LogP contribution in [0.2, 0.25) is 0 Å². The van der Waals surface area contributed by atoms with Crippen LogP contribution in [0.3, 0.4) is 0 Å². The number of Topliss-reactive ketones (excluding diaryl/α,β-unsaturated/α-hetero) is 1. The van der Waals surface area contributed by atoms with Crippen molar-refractivity contribution < 1.29 is 9.59 Å². The van der Waals surface area contributed by atoms with Gasteiger partial charge in [-0.05, 0) is 25.8 Å². The van der Waals surface area contributed by atoms with Crippen LogP contribution in [-0.2, 0) is 4.79 Å². The van der Waals surface area contributed by atoms with E-state index < -0.39 is 6.17 Å². The zero-order valence-corrected chi connectivity index (χ0v) is 21.9. The van der Waals surface area contributed by atoms with Gasteiger partial charge in [-0.25, -0.2) is 4.98 Å². The molecule has 40 heavy (non-hydrogen) atoms. The first kappa shape index (κ1) is 24.1. The van der Waals surface area contributed by atoms with E-state index in [1.807, 2.05) is 47.4 Å². The molecule has 0 radical (unpaired) electrons. The number of nitrogens with two attached hydrogens (primary N) is 1. The minimum atomic E-state index is -0.552. The van der Waals surface area contributed by atoms with Gasteiger partial charge in [-0.2, -0.15) is 14.7 Å². The van der Waals surface area contributed by atoms with E-state index in [0.717, 1.165) is 35.2 Å². The minimum absolute atomic E-state index is 0.00591. The third-order valence-electron chi connectivity index (χ3n) is 7.95. The number of nitrogens with zero attached hydrogens (tertiary/aromatic N) is 7. The number of hydrazone groups is 1. The molecule has 4 N–H and O–H groups in total. The van der Waals surface area contributed by atoms with E-state index in [4.69, 9.17) is 10.7 Å². The van der Waals surface area contributed by atoms with Crippen molar-refractivity contribution in [2.45, 2.75) is 38.0 Å². The van der Waals surface area contributed by atoms with E-state index in [1.165, 1.54) is 17.8 Å². The maximum atomic E-state index is 13.2. The Hall–Kier alpha value is -5.00. The molecule has 3 unspecified atom stereocenters. The number of anilines is 2. The number of hydrogen-bond donors (Lipinski definition) is 3. The summed E-state index contributed by atoms with van der Waals surface area (Å²) in [7, 11) is 0. The van der Waals surface area contributed by atoms with Crippen LogP contribution in [0.4, 0.5) is 11.6 Å². The fourth-order valence-electron chi connectivity index (χ4n) is 6.08. The molecule has 2 saturated heterocycles. The van der Waals surface area contributed by atoms with E-state index >= 15 is 0 Å². The van der Waals surface area contributed by atoms with Crippen molar-refractivity contribution in [2.24, 2.45) is 5.10 Å². The average Bonchev–Trinajstić information content (AvgIpc) is 3.71. The van der Waals surface area contributed by atoms with Crippen LogP contribution in [0.1, 0.15) is 30.1 Å². The van der Waals surface area contributed by atoms with Gasteiger partial charge >= 0.3 is 0 Å². The Morgan fingerprint density at radius 1 is 1.00 bits per heavy atom. The van der Waals surface area contributed by atoms with Gasteiger partial charge in [0.25, 0.3) is 5.91 Å². The number of hydrogen-bond acceptors (Lipinski definition) is 10. The first-order valence-electron chi connectivity index (χ1n) is 13.3. The quantitative estimate of drug-likeness (QED) is 0.325. The summed E-state index contributed by atoms with van der Waals surface area (Å²) in [6.07, 6.45) is 6.21. The highest BCUT2D eigenvalue weighted by molar-refractivity contribution is 6.04. The molecule has 12 heteroatoms. The molecule has 2 bridgehead atoms. The lowest BCUT2D eigenvalue weighted by molar-refractivity contribution is -0.137. The number of nitrogen functional groups attached to an aromatic ring is 1. The number of ketones is 1. The van der Waals surface area contributed by atoms with Crippen LogP contribution in [0.5, 0.6) is 0 Å². The molecule has 1 amide bonds. The Morgan fingerprint density at radius 3 is 2.42 bits per heavy atom. The second-order valence-electron chi connectivity index (χ2n) is 10.4. The standard InChI is InChI=1S/C28H28N10O2/c1-16(39)23-24(29)38-26(21(12-33-38)18-7-10-22(30-11-18)17-5-3-2-4-6-17)34-27(23)36-13-19-8-9-20(14-36)37(19)28(40)25-31-15-32-35-25/h2-7,10-12,15,19-20,25,35H,8-9,13-14,29H2,1H3,(H,31,32). The maximum Gasteiger partial charge on any atom is 0.267 e. The predicted molar refractivity (Wildman–Crippen MR) is 150 cm³/mol. The number of nitrogens with one attached hydrogen (secondary N) is 2. The summed E-state index contributed by atoms with van der Waals surface area (Å²) in [5.74, 6) is 0.562. The van der Waals surface area contributed by atoms with Crippen LogP contribution in [0.25, 0.3) is 28.0 Å². The Bertz CT molecular complexity index is 1630. The molecule has 3 atom stereocenters. The Kier molecular flexibility index (Phi) is 5.61. The van der Waals surface area contributed by atoms with Crippen LogP contribution in [0.15, 0.2) is 60.0 Å². The summed E-state index contributed by atoms with van der Waals surface area (Å²) in [6, 6.07) is 13.9. The average molecular weight is 537 g/mol. The van der Waals surface area contributed by atoms with Gasteiger partial charge in [0.05, 0.1) is 11.9 Å². The van der Waals surface area contributed by atoms with Gasteiger partial charge in [0.15, 0.2) is 17.6 Å². The lowest BCUT2D eigenvalue weighted by Gasteiger charge is -2.42. The molecule has 2 fully saturated rings. The molecule has 3 aliphatic rings. The van der Waals surface area contributed by atoms with Gasteiger partial charge in [0.1, 0.15) is 23.5 Å². The molecule has 0 spiro atoms. The summed E-state index contributed by atoms with van der Waals surface area (Å²) in [6.45, 7) is 2.59. The van der Waals surface area contributed by atoms with Crippen LogP contribution >= 0.6 is 0 Å². The fourth-order valence-corrected chi connectivity index (χ4v) is 6.08. The normalized spacial score (nSPS) is 21.5. The highest BCUT2D eigenvalue weighted by Gasteiger charge is 2.45. The van der Waals surface area contributed by atoms with Crippen molar-refractivity contribution in [3.63, 3.8) is 0 Å². The molecule has 0 saturated carbocycles. The molecule has 1 aromatic carbocycles. The van der Waals surface area contributed by atoms with Gasteiger partial charge in [-0.15, -0.1) is 0 Å². The number of fused-ring (bicyclic) bond motifs is 3. The fraction of sp³-hybridized carbons (Fsp3) is 0.286. The zero-order chi connectivity index (χ0) is 27.4. The van der Waals surface area contributed by atoms with Gasteiger partial charge in [0.2, 0.25) is 0 Å². The highest BCUT2D eigenvalue weighted by Crippen LogP contribution is 2.37. The summed E-state index contributed by atoms with van der Waals surface area (Å²) in [5.41, 5.74) is 13.8. The third kappa shape index (κ3) is 3.82. The van der Waals surface area contributed by atoms with Crippen LogP contribution in [-0.4, -0.2) is 73.8 Å². The monoisotopic (exact) mass is 536 g/mol. The second-order valence-corrected chi connectivity index (χ2v) is 10.4. The van der Waals surface area contributed by atoms with E-state index in [-0.39, 0.29) is 29.6 Å². The van der Waals surface area contributed by atoms with Gasteiger partial charge in [-0.3, -0.25) is 20.0 Å². The molecule has 7 rings (SSSR count). The number of aromatic nitrogens is 4. The molecular weight excluding hydrogens is 508 g/mol. The largest absolute Gasteiger partial charge is 0.383 e. The molecular formula is C28H28N10O2. The van der Waals surface area contributed by atoms with Crippen molar-refractivity contribution in [3.05, 3.63) is 60.4 Å². The van der Waals surface area contributed by atoms with Gasteiger partial charge < -0.3 is 20.9 Å². The molecule has 0 aliphatic carbocycles. The number of carbonyl (C=O) groups is 2. The SMILES string of the molecule is CC(=O)c1c(N2CC3CCC(C2)N3C(=O)C2NC=NN2)nc2c(-c3ccc(-c4ccccc4)nc3)cnn2c1N. The Balaban J connectivity index is 1.24. The Morgan fingerprint density at radius 2 is 1.77 bits per heavy atom. The number of amides is 1.